The molecule has 8 nitrogen and oxygen atoms in total. The van der Waals surface area contributed by atoms with E-state index in [4.69, 9.17) is 20.0 Å². The highest BCUT2D eigenvalue weighted by Gasteiger charge is 2.29. The van der Waals surface area contributed by atoms with Gasteiger partial charge in [0.1, 0.15) is 18.2 Å². The second-order valence-electron chi connectivity index (χ2n) is 10.6. The van der Waals surface area contributed by atoms with Gasteiger partial charge in [0.15, 0.2) is 0 Å². The lowest BCUT2D eigenvalue weighted by atomic mass is 9.88. The zero-order valence-corrected chi connectivity index (χ0v) is 23.9. The number of imidazole rings is 1. The van der Waals surface area contributed by atoms with Gasteiger partial charge in [-0.2, -0.15) is 17.9 Å². The zero-order valence-electron chi connectivity index (χ0n) is 23.0. The number of benzene rings is 2. The smallest absolute Gasteiger partial charge is 0.335 e. The summed E-state index contributed by atoms with van der Waals surface area (Å²) in [4.78, 5) is 23.6. The molecular weight excluding hydrogens is 541 g/mol. The number of carbonyl (C=O) groups is 1. The first-order chi connectivity index (χ1) is 19.7. The molecule has 0 amide bonds. The largest absolute Gasteiger partial charge is 0.478 e. The minimum Gasteiger partial charge on any atom is -0.478 e. The van der Waals surface area contributed by atoms with Crippen molar-refractivity contribution < 1.29 is 19.0 Å². The number of nitrogens with zero attached hydrogens (tertiary/aromatic N) is 5. The van der Waals surface area contributed by atoms with Crippen molar-refractivity contribution >= 4 is 29.6 Å². The quantitative estimate of drug-likeness (QED) is 0.244. The molecule has 5 rings (SSSR count). The molecule has 41 heavy (non-hydrogen) atoms. The number of hydrogen-bond acceptors (Lipinski definition) is 7. The number of rotatable bonds is 9. The van der Waals surface area contributed by atoms with Gasteiger partial charge in [0.2, 0.25) is 5.88 Å². The van der Waals surface area contributed by atoms with Crippen LogP contribution in [0.1, 0.15) is 65.6 Å². The van der Waals surface area contributed by atoms with E-state index < -0.39 is 11.8 Å². The molecule has 0 spiro atoms. The van der Waals surface area contributed by atoms with Crippen LogP contribution in [0.25, 0.3) is 11.0 Å². The van der Waals surface area contributed by atoms with Crippen molar-refractivity contribution in [1.82, 2.24) is 19.4 Å². The summed E-state index contributed by atoms with van der Waals surface area (Å²) >= 11 is 4.59. The van der Waals surface area contributed by atoms with Crippen LogP contribution >= 0.6 is 12.6 Å². The zero-order chi connectivity index (χ0) is 29.1. The van der Waals surface area contributed by atoms with E-state index in [0.29, 0.717) is 24.5 Å². The van der Waals surface area contributed by atoms with Crippen LogP contribution in [0.5, 0.6) is 5.88 Å². The van der Waals surface area contributed by atoms with E-state index in [1.54, 1.807) is 36.4 Å². The number of fused-ring (bicyclic) bond motifs is 1. The fraction of sp³-hybridized carbons (Fsp3) is 0.355. The Bertz CT molecular complexity index is 1620. The molecule has 0 radical (unpaired) electrons. The average molecular weight is 574 g/mol. The van der Waals surface area contributed by atoms with Crippen molar-refractivity contribution in [3.63, 3.8) is 0 Å². The standard InChI is InChI=1S/C31H32FN5O3S/c1-19-12-22(26-4-3-5-30(35-26)40-18-24-7-6-21(15-33)13-25(24)32)10-11-36(19)17-29-34-27-9-8-23(31(38)39)14-28(27)37(29)16-20(2)41/h3-9,13-14,19-20,22,41H,10-12,16-18H2,1-2H3,(H,38,39)/t19?,20-,22?/m1/s1. The SMILES string of the molecule is CC1CC(c2cccc(OCc3ccc(C#N)cc3F)n2)CCN1Cc1nc2ccc(C(=O)O)cc2n1C[C@@H](C)S. The van der Waals surface area contributed by atoms with Gasteiger partial charge in [-0.25, -0.2) is 19.2 Å². The van der Waals surface area contributed by atoms with Crippen molar-refractivity contribution in [2.24, 2.45) is 0 Å². The van der Waals surface area contributed by atoms with Crippen LogP contribution in [0.3, 0.4) is 0 Å². The lowest BCUT2D eigenvalue weighted by Gasteiger charge is -2.37. The van der Waals surface area contributed by atoms with Gasteiger partial charge in [0.25, 0.3) is 0 Å². The summed E-state index contributed by atoms with van der Waals surface area (Å²) in [6, 6.07) is 17.3. The van der Waals surface area contributed by atoms with Gasteiger partial charge >= 0.3 is 5.97 Å². The lowest BCUT2D eigenvalue weighted by Crippen LogP contribution is -2.40. The number of halogens is 1. The predicted octanol–water partition coefficient (Wildman–Crippen LogP) is 5.81. The van der Waals surface area contributed by atoms with Crippen molar-refractivity contribution in [2.75, 3.05) is 6.54 Å². The van der Waals surface area contributed by atoms with Crippen LogP contribution in [0.15, 0.2) is 54.6 Å². The second-order valence-corrected chi connectivity index (χ2v) is 11.5. The van der Waals surface area contributed by atoms with Crippen LogP contribution in [-0.4, -0.2) is 48.3 Å². The number of pyridine rings is 1. The molecule has 10 heteroatoms. The number of piperidine rings is 1. The number of carboxylic acids is 1. The van der Waals surface area contributed by atoms with E-state index in [1.165, 1.54) is 6.07 Å². The number of aromatic carboxylic acids is 1. The van der Waals surface area contributed by atoms with E-state index in [-0.39, 0.29) is 34.9 Å². The number of ether oxygens (including phenoxy) is 1. The fourth-order valence-electron chi connectivity index (χ4n) is 5.42. The van der Waals surface area contributed by atoms with E-state index in [9.17, 15) is 14.3 Å². The third kappa shape index (κ3) is 6.53. The summed E-state index contributed by atoms with van der Waals surface area (Å²) in [6.45, 7) is 6.39. The Balaban J connectivity index is 1.26. The summed E-state index contributed by atoms with van der Waals surface area (Å²) in [5.74, 6) is 0.168. The van der Waals surface area contributed by atoms with Gasteiger partial charge < -0.3 is 14.4 Å². The number of aromatic nitrogens is 3. The molecule has 3 heterocycles. The maximum atomic E-state index is 14.3. The van der Waals surface area contributed by atoms with E-state index >= 15 is 0 Å². The number of carboxylic acid groups (broad SMARTS) is 1. The summed E-state index contributed by atoms with van der Waals surface area (Å²) < 4.78 is 22.2. The van der Waals surface area contributed by atoms with Gasteiger partial charge in [-0.3, -0.25) is 4.90 Å². The molecule has 1 N–H and O–H groups in total. The molecular formula is C31H32FN5O3S. The first kappa shape index (κ1) is 28.6. The highest BCUT2D eigenvalue weighted by Crippen LogP contribution is 2.33. The van der Waals surface area contributed by atoms with Gasteiger partial charge in [0, 0.05) is 41.1 Å². The lowest BCUT2D eigenvalue weighted by molar-refractivity contribution is 0.0697. The first-order valence-electron chi connectivity index (χ1n) is 13.6. The minimum absolute atomic E-state index is 0.0305. The minimum atomic E-state index is -0.958. The van der Waals surface area contributed by atoms with Crippen molar-refractivity contribution in [2.45, 2.75) is 63.6 Å². The molecule has 2 unspecified atom stereocenters. The molecule has 4 aromatic rings. The Morgan fingerprint density at radius 2 is 2.07 bits per heavy atom. The Morgan fingerprint density at radius 3 is 2.78 bits per heavy atom. The molecule has 1 saturated heterocycles. The third-order valence-corrected chi connectivity index (χ3v) is 7.76. The number of likely N-dealkylation sites (tertiary alicyclic amines) is 1. The normalized spacial score (nSPS) is 18.2. The molecule has 212 valence electrons. The monoisotopic (exact) mass is 573 g/mol. The van der Waals surface area contributed by atoms with Crippen molar-refractivity contribution in [3.05, 3.63) is 88.6 Å². The summed E-state index contributed by atoms with van der Waals surface area (Å²) in [5, 5.41) is 18.5. The number of nitriles is 1. The molecule has 2 aromatic heterocycles. The Labute approximate surface area is 243 Å². The molecule has 0 saturated carbocycles. The van der Waals surface area contributed by atoms with Crippen LogP contribution in [0.4, 0.5) is 4.39 Å². The highest BCUT2D eigenvalue weighted by molar-refractivity contribution is 7.80. The molecule has 1 aliphatic heterocycles. The average Bonchev–Trinajstić information content (AvgIpc) is 3.28. The maximum absolute atomic E-state index is 14.3. The molecule has 2 aromatic carbocycles. The second kappa shape index (κ2) is 12.3. The van der Waals surface area contributed by atoms with Gasteiger partial charge in [-0.15, -0.1) is 0 Å². The molecule has 1 fully saturated rings. The third-order valence-electron chi connectivity index (χ3n) is 7.60. The summed E-state index contributed by atoms with van der Waals surface area (Å²) in [7, 11) is 0. The van der Waals surface area contributed by atoms with Crippen molar-refractivity contribution in [3.8, 4) is 11.9 Å². The molecule has 0 bridgehead atoms. The molecule has 0 aliphatic carbocycles. The topological polar surface area (TPSA) is 104 Å². The summed E-state index contributed by atoms with van der Waals surface area (Å²) in [6.07, 6.45) is 1.82. The Kier molecular flexibility index (Phi) is 8.57. The predicted molar refractivity (Wildman–Crippen MR) is 157 cm³/mol. The van der Waals surface area contributed by atoms with E-state index in [2.05, 4.69) is 29.0 Å². The van der Waals surface area contributed by atoms with Gasteiger partial charge in [0.05, 0.1) is 34.8 Å². The number of hydrogen-bond donors (Lipinski definition) is 2. The van der Waals surface area contributed by atoms with Crippen LogP contribution in [0, 0.1) is 17.1 Å². The Morgan fingerprint density at radius 1 is 1.24 bits per heavy atom. The van der Waals surface area contributed by atoms with Crippen LogP contribution < -0.4 is 4.74 Å². The van der Waals surface area contributed by atoms with Gasteiger partial charge in [-0.1, -0.05) is 19.1 Å². The van der Waals surface area contributed by atoms with E-state index in [0.717, 1.165) is 41.9 Å². The number of thiol groups is 1. The highest BCUT2D eigenvalue weighted by atomic mass is 32.1. The van der Waals surface area contributed by atoms with Gasteiger partial charge in [-0.05, 0) is 62.7 Å². The fourth-order valence-corrected chi connectivity index (χ4v) is 5.59. The van der Waals surface area contributed by atoms with Crippen LogP contribution in [-0.2, 0) is 19.7 Å². The molecule has 3 atom stereocenters. The van der Waals surface area contributed by atoms with Crippen LogP contribution in [0.2, 0.25) is 0 Å². The molecule has 1 aliphatic rings. The maximum Gasteiger partial charge on any atom is 0.335 e. The Hall–Kier alpha value is -3.94. The summed E-state index contributed by atoms with van der Waals surface area (Å²) in [5.41, 5.74) is 3.43. The van der Waals surface area contributed by atoms with E-state index in [1.807, 2.05) is 25.1 Å². The van der Waals surface area contributed by atoms with Crippen molar-refractivity contribution in [1.29, 1.82) is 5.26 Å². The first-order valence-corrected chi connectivity index (χ1v) is 14.2.